The average molecular weight is 349 g/mol. The highest BCUT2D eigenvalue weighted by atomic mass is 79.9. The largest absolute Gasteiger partial charge is 0.416 e. The first-order chi connectivity index (χ1) is 9.27. The molecule has 1 N–H and O–H groups in total. The first kappa shape index (κ1) is 14.6. The van der Waals surface area contributed by atoms with E-state index in [1.165, 1.54) is 12.1 Å². The molecule has 2 rings (SSSR count). The van der Waals surface area contributed by atoms with Crippen LogP contribution < -0.4 is 5.32 Å². The lowest BCUT2D eigenvalue weighted by Gasteiger charge is -2.10. The van der Waals surface area contributed by atoms with E-state index < -0.39 is 17.6 Å². The Morgan fingerprint density at radius 3 is 2.60 bits per heavy atom. The molecule has 0 aliphatic carbocycles. The SMILES string of the molecule is Cc1cc(NC(=O)c2cc(C(F)(F)F)ccc2Br)no1. The Labute approximate surface area is 120 Å². The highest BCUT2D eigenvalue weighted by Gasteiger charge is 2.31. The highest BCUT2D eigenvalue weighted by molar-refractivity contribution is 9.10. The Hall–Kier alpha value is -1.83. The van der Waals surface area contributed by atoms with Crippen molar-refractivity contribution in [3.63, 3.8) is 0 Å². The number of hydrogen-bond donors (Lipinski definition) is 1. The van der Waals surface area contributed by atoms with Gasteiger partial charge >= 0.3 is 6.18 Å². The van der Waals surface area contributed by atoms with Gasteiger partial charge in [-0.05, 0) is 41.1 Å². The lowest BCUT2D eigenvalue weighted by molar-refractivity contribution is -0.137. The predicted molar refractivity (Wildman–Crippen MR) is 68.3 cm³/mol. The summed E-state index contributed by atoms with van der Waals surface area (Å²) in [6.45, 7) is 1.63. The van der Waals surface area contributed by atoms with E-state index in [-0.39, 0.29) is 15.9 Å². The highest BCUT2D eigenvalue weighted by Crippen LogP contribution is 2.32. The maximum atomic E-state index is 12.6. The van der Waals surface area contributed by atoms with Gasteiger partial charge in [-0.3, -0.25) is 4.79 Å². The summed E-state index contributed by atoms with van der Waals surface area (Å²) in [4.78, 5) is 11.9. The number of hydrogen-bond acceptors (Lipinski definition) is 3. The second-order valence-electron chi connectivity index (χ2n) is 3.97. The molecule has 0 saturated heterocycles. The van der Waals surface area contributed by atoms with Crippen molar-refractivity contribution < 1.29 is 22.5 Å². The van der Waals surface area contributed by atoms with Crippen molar-refractivity contribution in [1.82, 2.24) is 5.16 Å². The van der Waals surface area contributed by atoms with Crippen LogP contribution in [0.3, 0.4) is 0 Å². The lowest BCUT2D eigenvalue weighted by atomic mass is 10.1. The number of rotatable bonds is 2. The number of carbonyl (C=O) groups is 1. The van der Waals surface area contributed by atoms with Gasteiger partial charge in [0.1, 0.15) is 5.76 Å². The number of halogens is 4. The molecule has 8 heteroatoms. The molecular weight excluding hydrogens is 341 g/mol. The molecule has 0 spiro atoms. The molecule has 0 bridgehead atoms. The van der Waals surface area contributed by atoms with Crippen molar-refractivity contribution >= 4 is 27.7 Å². The first-order valence-corrected chi connectivity index (χ1v) is 6.18. The van der Waals surface area contributed by atoms with Crippen molar-refractivity contribution in [3.05, 3.63) is 45.6 Å². The summed E-state index contributed by atoms with van der Waals surface area (Å²) in [5.74, 6) is -0.100. The third-order valence-corrected chi connectivity index (χ3v) is 3.10. The number of aromatic nitrogens is 1. The van der Waals surface area contributed by atoms with Gasteiger partial charge in [-0.1, -0.05) is 5.16 Å². The zero-order valence-corrected chi connectivity index (χ0v) is 11.7. The van der Waals surface area contributed by atoms with Crippen molar-refractivity contribution in [2.24, 2.45) is 0 Å². The van der Waals surface area contributed by atoms with Gasteiger partial charge in [-0.15, -0.1) is 0 Å². The molecule has 0 aliphatic heterocycles. The molecule has 20 heavy (non-hydrogen) atoms. The molecule has 106 valence electrons. The normalized spacial score (nSPS) is 11.4. The molecule has 4 nitrogen and oxygen atoms in total. The molecule has 0 unspecified atom stereocenters. The van der Waals surface area contributed by atoms with Gasteiger partial charge in [-0.25, -0.2) is 0 Å². The Kier molecular flexibility index (Phi) is 3.85. The van der Waals surface area contributed by atoms with Gasteiger partial charge in [0.15, 0.2) is 5.82 Å². The van der Waals surface area contributed by atoms with Crippen LogP contribution in [0.15, 0.2) is 33.3 Å². The number of carbonyl (C=O) groups excluding carboxylic acids is 1. The number of benzene rings is 1. The zero-order chi connectivity index (χ0) is 14.9. The first-order valence-electron chi connectivity index (χ1n) is 5.39. The van der Waals surface area contributed by atoms with Crippen LogP contribution >= 0.6 is 15.9 Å². The summed E-state index contributed by atoms with van der Waals surface area (Å²) in [5.41, 5.74) is -1.04. The standard InChI is InChI=1S/C12H8BrF3N2O2/c1-6-4-10(18-20-6)17-11(19)8-5-7(12(14,15)16)2-3-9(8)13/h2-5H,1H3,(H,17,18,19). The quantitative estimate of drug-likeness (QED) is 0.891. The zero-order valence-electron chi connectivity index (χ0n) is 10.1. The molecule has 2 aromatic rings. The second-order valence-corrected chi connectivity index (χ2v) is 4.82. The second kappa shape index (κ2) is 5.28. The molecule has 0 saturated carbocycles. The van der Waals surface area contributed by atoms with Crippen molar-refractivity contribution in [2.45, 2.75) is 13.1 Å². The summed E-state index contributed by atoms with van der Waals surface area (Å²) < 4.78 is 42.9. The van der Waals surface area contributed by atoms with Crippen molar-refractivity contribution in [2.75, 3.05) is 5.32 Å². The van der Waals surface area contributed by atoms with Gasteiger partial charge in [0.2, 0.25) is 0 Å². The van der Waals surface area contributed by atoms with E-state index in [1.54, 1.807) is 6.92 Å². The third kappa shape index (κ3) is 3.19. The van der Waals surface area contributed by atoms with E-state index in [2.05, 4.69) is 26.4 Å². The number of aryl methyl sites for hydroxylation is 1. The van der Waals surface area contributed by atoms with Gasteiger partial charge in [-0.2, -0.15) is 13.2 Å². The van der Waals surface area contributed by atoms with Gasteiger partial charge < -0.3 is 9.84 Å². The molecular formula is C12H8BrF3N2O2. The fraction of sp³-hybridized carbons (Fsp3) is 0.167. The Balaban J connectivity index is 2.29. The van der Waals surface area contributed by atoms with Crippen LogP contribution in [-0.2, 0) is 6.18 Å². The van der Waals surface area contributed by atoms with E-state index in [1.807, 2.05) is 0 Å². The summed E-state index contributed by atoms with van der Waals surface area (Å²) >= 11 is 3.04. The summed E-state index contributed by atoms with van der Waals surface area (Å²) in [7, 11) is 0. The van der Waals surface area contributed by atoms with Crippen LogP contribution in [0.25, 0.3) is 0 Å². The van der Waals surface area contributed by atoms with Crippen molar-refractivity contribution in [3.8, 4) is 0 Å². The Bertz CT molecular complexity index is 652. The average Bonchev–Trinajstić information content (AvgIpc) is 2.73. The predicted octanol–water partition coefficient (Wildman–Crippen LogP) is 4.02. The molecule has 1 heterocycles. The van der Waals surface area contributed by atoms with Crippen molar-refractivity contribution in [1.29, 1.82) is 0 Å². The minimum atomic E-state index is -4.51. The lowest BCUT2D eigenvalue weighted by Crippen LogP contribution is -2.15. The number of amides is 1. The summed E-state index contributed by atoms with van der Waals surface area (Å²) in [5, 5.41) is 5.90. The van der Waals surface area contributed by atoms with Crippen LogP contribution in [0, 0.1) is 6.92 Å². The Morgan fingerprint density at radius 1 is 1.35 bits per heavy atom. The molecule has 0 aliphatic rings. The van der Waals surface area contributed by atoms with E-state index in [4.69, 9.17) is 4.52 Å². The minimum absolute atomic E-state index is 0.136. The van der Waals surface area contributed by atoms with Crippen LogP contribution in [0.4, 0.5) is 19.0 Å². The van der Waals surface area contributed by atoms with E-state index >= 15 is 0 Å². The molecule has 0 fully saturated rings. The van der Waals surface area contributed by atoms with Gasteiger partial charge in [0, 0.05) is 10.5 Å². The van der Waals surface area contributed by atoms with Crippen LogP contribution in [-0.4, -0.2) is 11.1 Å². The van der Waals surface area contributed by atoms with E-state index in [9.17, 15) is 18.0 Å². The molecule has 0 radical (unpaired) electrons. The summed E-state index contributed by atoms with van der Waals surface area (Å²) in [6, 6.07) is 4.29. The number of nitrogens with one attached hydrogen (secondary N) is 1. The maximum Gasteiger partial charge on any atom is 0.416 e. The Morgan fingerprint density at radius 2 is 2.05 bits per heavy atom. The molecule has 1 amide bonds. The fourth-order valence-corrected chi connectivity index (χ4v) is 1.91. The number of anilines is 1. The molecule has 1 aromatic heterocycles. The summed E-state index contributed by atoms with van der Waals surface area (Å²) in [6.07, 6.45) is -4.51. The van der Waals surface area contributed by atoms with E-state index in [0.717, 1.165) is 12.1 Å². The van der Waals surface area contributed by atoms with Crippen LogP contribution in [0.2, 0.25) is 0 Å². The van der Waals surface area contributed by atoms with E-state index in [0.29, 0.717) is 5.76 Å². The van der Waals surface area contributed by atoms with Gasteiger partial charge in [0.05, 0.1) is 11.1 Å². The fourth-order valence-electron chi connectivity index (χ4n) is 1.48. The molecule has 1 aromatic carbocycles. The van der Waals surface area contributed by atoms with Gasteiger partial charge in [0.25, 0.3) is 5.91 Å². The maximum absolute atomic E-state index is 12.6. The number of nitrogens with zero attached hydrogens (tertiary/aromatic N) is 1. The topological polar surface area (TPSA) is 55.1 Å². The minimum Gasteiger partial charge on any atom is -0.360 e. The monoisotopic (exact) mass is 348 g/mol. The number of alkyl halides is 3. The van der Waals surface area contributed by atoms with Crippen LogP contribution in [0.1, 0.15) is 21.7 Å². The molecule has 0 atom stereocenters. The third-order valence-electron chi connectivity index (χ3n) is 2.41. The van der Waals surface area contributed by atoms with Crippen LogP contribution in [0.5, 0.6) is 0 Å². The smallest absolute Gasteiger partial charge is 0.360 e.